The lowest BCUT2D eigenvalue weighted by Gasteiger charge is -2.13. The van der Waals surface area contributed by atoms with Gasteiger partial charge in [-0.1, -0.05) is 12.1 Å². The van der Waals surface area contributed by atoms with Gasteiger partial charge in [0.1, 0.15) is 5.69 Å². The molecule has 82 valence electrons. The average Bonchev–Trinajstić information content (AvgIpc) is 2.56. The Labute approximate surface area is 90.2 Å². The maximum absolute atomic E-state index is 5.73. The van der Waals surface area contributed by atoms with Gasteiger partial charge in [0, 0.05) is 0 Å². The first-order valence-electron chi connectivity index (χ1n) is 5.04. The molecule has 0 spiro atoms. The zero-order valence-electron chi connectivity index (χ0n) is 8.90. The molecule has 1 aromatic carbocycles. The highest BCUT2D eigenvalue weighted by Crippen LogP contribution is 2.66. The maximum Gasteiger partial charge on any atom is 0.573 e. The summed E-state index contributed by atoms with van der Waals surface area (Å²) in [5.74, 6) is 0.799. The Hall–Kier alpha value is -0.830. The van der Waals surface area contributed by atoms with E-state index in [4.69, 9.17) is 13.6 Å². The van der Waals surface area contributed by atoms with Crippen LogP contribution in [0.4, 0.5) is 5.69 Å². The van der Waals surface area contributed by atoms with E-state index >= 15 is 0 Å². The molecule has 15 heavy (non-hydrogen) atoms. The van der Waals surface area contributed by atoms with Crippen LogP contribution in [-0.2, 0) is 9.05 Å². The molecule has 0 aliphatic carbocycles. The normalized spacial score (nSPS) is 16.7. The summed E-state index contributed by atoms with van der Waals surface area (Å²) in [7, 11) is -2.38. The maximum atomic E-state index is 5.73. The summed E-state index contributed by atoms with van der Waals surface area (Å²) in [6.45, 7) is 4.98. The number of anilines is 1. The van der Waals surface area contributed by atoms with E-state index in [0.29, 0.717) is 13.2 Å². The van der Waals surface area contributed by atoms with Crippen LogP contribution in [0.15, 0.2) is 24.3 Å². The van der Waals surface area contributed by atoms with Gasteiger partial charge in [0.05, 0.1) is 13.2 Å². The Kier molecular flexibility index (Phi) is 3.10. The molecule has 0 atom stereocenters. The molecule has 0 unspecified atom stereocenters. The molecule has 0 fully saturated rings. The third-order valence-electron chi connectivity index (χ3n) is 1.96. The molecule has 5 heteroatoms. The minimum absolute atomic E-state index is 0.564. The van der Waals surface area contributed by atoms with Crippen LogP contribution in [0, 0.1) is 0 Å². The van der Waals surface area contributed by atoms with Crippen LogP contribution < -0.4 is 9.61 Å². The Morgan fingerprint density at radius 1 is 1.20 bits per heavy atom. The monoisotopic (exact) mass is 228 g/mol. The SMILES string of the molecule is CCO[P+]1(OCC)Nc2ccccc2O1. The van der Waals surface area contributed by atoms with Gasteiger partial charge in [-0.05, 0) is 26.0 Å². The average molecular weight is 228 g/mol. The van der Waals surface area contributed by atoms with E-state index in [2.05, 4.69) is 5.09 Å². The molecule has 0 saturated carbocycles. The van der Waals surface area contributed by atoms with Crippen molar-refractivity contribution in [3.05, 3.63) is 24.3 Å². The molecule has 4 nitrogen and oxygen atoms in total. The third-order valence-corrected chi connectivity index (χ3v) is 4.11. The fourth-order valence-electron chi connectivity index (χ4n) is 1.43. The summed E-state index contributed by atoms with van der Waals surface area (Å²) >= 11 is 0. The van der Waals surface area contributed by atoms with Gasteiger partial charge < -0.3 is 0 Å². The summed E-state index contributed by atoms with van der Waals surface area (Å²) in [6, 6.07) is 7.74. The molecule has 0 radical (unpaired) electrons. The van der Waals surface area contributed by atoms with Crippen molar-refractivity contribution in [2.24, 2.45) is 0 Å². The van der Waals surface area contributed by atoms with Crippen LogP contribution in [0.5, 0.6) is 5.75 Å². The standard InChI is InChI=1S/C10H15NO3P/c1-3-12-15(13-4-2)11-9-7-5-6-8-10(9)14-15/h5-8,11H,3-4H2,1-2H3/q+1. The lowest BCUT2D eigenvalue weighted by molar-refractivity contribution is 0.205. The van der Waals surface area contributed by atoms with E-state index in [-0.39, 0.29) is 0 Å². The Morgan fingerprint density at radius 2 is 1.87 bits per heavy atom. The lowest BCUT2D eigenvalue weighted by Crippen LogP contribution is -2.11. The lowest BCUT2D eigenvalue weighted by atomic mass is 10.3. The number of hydrogen-bond acceptors (Lipinski definition) is 4. The second-order valence-electron chi connectivity index (χ2n) is 3.03. The van der Waals surface area contributed by atoms with Crippen LogP contribution in [-0.4, -0.2) is 13.2 Å². The number of para-hydroxylation sites is 2. The Balaban J connectivity index is 2.19. The summed E-state index contributed by atoms with van der Waals surface area (Å²) in [5, 5.41) is 3.19. The molecule has 1 aliphatic heterocycles. The molecule has 0 saturated heterocycles. The van der Waals surface area contributed by atoms with E-state index < -0.39 is 8.09 Å². The molecule has 1 aromatic rings. The van der Waals surface area contributed by atoms with Gasteiger partial charge in [0.25, 0.3) is 0 Å². The highest BCUT2D eigenvalue weighted by atomic mass is 31.2. The summed E-state index contributed by atoms with van der Waals surface area (Å²) < 4.78 is 16.9. The van der Waals surface area contributed by atoms with Crippen LogP contribution in [0.25, 0.3) is 0 Å². The Bertz CT molecular complexity index is 312. The van der Waals surface area contributed by atoms with Crippen molar-refractivity contribution >= 4 is 13.8 Å². The van der Waals surface area contributed by atoms with Gasteiger partial charge in [0.15, 0.2) is 0 Å². The molecule has 1 N–H and O–H groups in total. The number of benzene rings is 1. The second kappa shape index (κ2) is 4.35. The van der Waals surface area contributed by atoms with E-state index in [1.807, 2.05) is 38.1 Å². The number of nitrogens with one attached hydrogen (secondary N) is 1. The third kappa shape index (κ3) is 2.07. The molecule has 0 aromatic heterocycles. The zero-order valence-corrected chi connectivity index (χ0v) is 9.79. The van der Waals surface area contributed by atoms with Crippen molar-refractivity contribution in [3.63, 3.8) is 0 Å². The highest BCUT2D eigenvalue weighted by molar-refractivity contribution is 7.64. The van der Waals surface area contributed by atoms with Gasteiger partial charge in [-0.2, -0.15) is 14.1 Å². The molecular formula is C10H15NO3P+. The quantitative estimate of drug-likeness (QED) is 0.803. The van der Waals surface area contributed by atoms with E-state index in [0.717, 1.165) is 11.4 Å². The first kappa shape index (κ1) is 10.7. The predicted molar refractivity (Wildman–Crippen MR) is 60.9 cm³/mol. The van der Waals surface area contributed by atoms with Crippen molar-refractivity contribution in [1.82, 2.24) is 0 Å². The van der Waals surface area contributed by atoms with Gasteiger partial charge in [-0.3, -0.25) is 4.52 Å². The van der Waals surface area contributed by atoms with Gasteiger partial charge >= 0.3 is 8.09 Å². The van der Waals surface area contributed by atoms with E-state index in [1.165, 1.54) is 0 Å². The number of rotatable bonds is 4. The minimum Gasteiger partial charge on any atom is -0.263 e. The van der Waals surface area contributed by atoms with Crippen molar-refractivity contribution in [2.45, 2.75) is 13.8 Å². The molecule has 0 bridgehead atoms. The van der Waals surface area contributed by atoms with Crippen molar-refractivity contribution in [3.8, 4) is 5.75 Å². The fraction of sp³-hybridized carbons (Fsp3) is 0.400. The smallest absolute Gasteiger partial charge is 0.263 e. The molecular weight excluding hydrogens is 213 g/mol. The van der Waals surface area contributed by atoms with E-state index in [1.54, 1.807) is 0 Å². The Morgan fingerprint density at radius 3 is 2.47 bits per heavy atom. The summed E-state index contributed by atoms with van der Waals surface area (Å²) in [5.41, 5.74) is 0.938. The van der Waals surface area contributed by atoms with Gasteiger partial charge in [0.2, 0.25) is 5.75 Å². The molecule has 1 aliphatic rings. The van der Waals surface area contributed by atoms with Crippen molar-refractivity contribution in [1.29, 1.82) is 0 Å². The van der Waals surface area contributed by atoms with Crippen molar-refractivity contribution < 1.29 is 13.6 Å². The minimum atomic E-state index is -2.38. The highest BCUT2D eigenvalue weighted by Gasteiger charge is 2.53. The van der Waals surface area contributed by atoms with Gasteiger partial charge in [-0.25, -0.2) is 0 Å². The summed E-state index contributed by atoms with van der Waals surface area (Å²) in [6.07, 6.45) is 0. The van der Waals surface area contributed by atoms with Crippen molar-refractivity contribution in [2.75, 3.05) is 18.3 Å². The molecule has 0 amide bonds. The topological polar surface area (TPSA) is 39.7 Å². The molecule has 1 heterocycles. The summed E-state index contributed by atoms with van der Waals surface area (Å²) in [4.78, 5) is 0. The van der Waals surface area contributed by atoms with Crippen LogP contribution in [0.2, 0.25) is 0 Å². The van der Waals surface area contributed by atoms with Crippen LogP contribution in [0.3, 0.4) is 0 Å². The van der Waals surface area contributed by atoms with Crippen LogP contribution in [0.1, 0.15) is 13.8 Å². The largest absolute Gasteiger partial charge is 0.573 e. The fourth-order valence-corrected chi connectivity index (χ4v) is 3.37. The second-order valence-corrected chi connectivity index (χ2v) is 4.95. The van der Waals surface area contributed by atoms with E-state index in [9.17, 15) is 0 Å². The first-order valence-corrected chi connectivity index (χ1v) is 6.59. The van der Waals surface area contributed by atoms with Crippen LogP contribution >= 0.6 is 8.09 Å². The first-order chi connectivity index (χ1) is 7.29. The number of fused-ring (bicyclic) bond motifs is 1. The number of hydrogen-bond donors (Lipinski definition) is 1. The molecule has 2 rings (SSSR count). The predicted octanol–water partition coefficient (Wildman–Crippen LogP) is 3.24. The zero-order chi connectivity index (χ0) is 10.7. The van der Waals surface area contributed by atoms with Gasteiger partial charge in [-0.15, -0.1) is 0 Å².